The molecular weight excluding hydrogens is 546 g/mol. The molecule has 0 N–H and O–H groups in total. The quantitative estimate of drug-likeness (QED) is 0.191. The number of ether oxygens (including phenoxy) is 1. The third-order valence-corrected chi connectivity index (χ3v) is 8.54. The van der Waals surface area contributed by atoms with Gasteiger partial charge in [-0.3, -0.25) is 14.2 Å². The second kappa shape index (κ2) is 14.2. The van der Waals surface area contributed by atoms with E-state index in [-0.39, 0.29) is 23.3 Å². The highest BCUT2D eigenvalue weighted by Crippen LogP contribution is 2.30. The lowest BCUT2D eigenvalue weighted by molar-refractivity contribution is -0.143. The predicted octanol–water partition coefficient (Wildman–Crippen LogP) is 6.34. The fourth-order valence-corrected chi connectivity index (χ4v) is 6.65. The number of benzene rings is 2. The molecule has 1 aliphatic heterocycles. The average molecular weight is 592 g/mol. The highest BCUT2D eigenvalue weighted by molar-refractivity contribution is 7.99. The van der Waals surface area contributed by atoms with Gasteiger partial charge in [-0.1, -0.05) is 69.8 Å². The van der Waals surface area contributed by atoms with Gasteiger partial charge in [0.2, 0.25) is 11.8 Å². The molecule has 0 bridgehead atoms. The lowest BCUT2D eigenvalue weighted by Gasteiger charge is -2.40. The Balaban J connectivity index is 1.31. The first kappa shape index (κ1) is 31.6. The Morgan fingerprint density at radius 1 is 1.05 bits per heavy atom. The van der Waals surface area contributed by atoms with Crippen LogP contribution in [0.4, 0.5) is 0 Å². The second-order valence-electron chi connectivity index (χ2n) is 12.5. The Morgan fingerprint density at radius 3 is 2.50 bits per heavy atom. The molecule has 0 saturated carbocycles. The Kier molecular flexibility index (Phi) is 10.7. The van der Waals surface area contributed by atoms with Crippen molar-refractivity contribution in [1.29, 1.82) is 0 Å². The van der Waals surface area contributed by atoms with Crippen LogP contribution in [0.2, 0.25) is 0 Å². The molecule has 2 amide bonds. The van der Waals surface area contributed by atoms with E-state index in [0.29, 0.717) is 38.4 Å². The number of para-hydroxylation sites is 1. The number of rotatable bonds is 11. The molecule has 42 heavy (non-hydrogen) atoms. The Morgan fingerprint density at radius 2 is 1.81 bits per heavy atom. The summed E-state index contributed by atoms with van der Waals surface area (Å²) in [6, 6.07) is 17.9. The minimum atomic E-state index is 0.0332. The van der Waals surface area contributed by atoms with Crippen molar-refractivity contribution in [3.8, 4) is 22.8 Å². The van der Waals surface area contributed by atoms with Gasteiger partial charge >= 0.3 is 0 Å². The van der Waals surface area contributed by atoms with E-state index in [2.05, 4.69) is 49.4 Å². The van der Waals surface area contributed by atoms with Gasteiger partial charge in [-0.15, -0.1) is 10.2 Å². The van der Waals surface area contributed by atoms with Crippen molar-refractivity contribution < 1.29 is 14.3 Å². The second-order valence-corrected chi connectivity index (χ2v) is 13.6. The SMILES string of the molecule is COc1cccc(-c2nnc(SCCCC(=O)N3CCN(C(=O)CC(C)CC(C)(C)C)C(C)C3)n2-c2ccccc2)c1. The summed E-state index contributed by atoms with van der Waals surface area (Å²) in [5, 5.41) is 9.81. The van der Waals surface area contributed by atoms with E-state index in [1.807, 2.05) is 64.4 Å². The number of methoxy groups -OCH3 is 1. The van der Waals surface area contributed by atoms with Gasteiger partial charge in [0.1, 0.15) is 5.75 Å². The van der Waals surface area contributed by atoms with Crippen molar-refractivity contribution in [3.05, 3.63) is 54.6 Å². The molecule has 9 heteroatoms. The fourth-order valence-electron chi connectivity index (χ4n) is 5.75. The molecule has 3 aromatic rings. The third kappa shape index (κ3) is 8.37. The molecule has 0 spiro atoms. The number of nitrogens with zero attached hydrogens (tertiary/aromatic N) is 5. The van der Waals surface area contributed by atoms with Crippen LogP contribution in [0.1, 0.15) is 60.3 Å². The van der Waals surface area contributed by atoms with Crippen LogP contribution in [0.15, 0.2) is 59.8 Å². The van der Waals surface area contributed by atoms with Crippen LogP contribution in [0, 0.1) is 11.3 Å². The minimum Gasteiger partial charge on any atom is -0.497 e. The number of hydrogen-bond acceptors (Lipinski definition) is 6. The van der Waals surface area contributed by atoms with E-state index in [1.165, 1.54) is 0 Å². The molecule has 1 aliphatic rings. The van der Waals surface area contributed by atoms with E-state index >= 15 is 0 Å². The molecule has 2 heterocycles. The van der Waals surface area contributed by atoms with Crippen molar-refractivity contribution in [2.75, 3.05) is 32.5 Å². The molecule has 8 nitrogen and oxygen atoms in total. The van der Waals surface area contributed by atoms with Gasteiger partial charge in [-0.25, -0.2) is 0 Å². The van der Waals surface area contributed by atoms with Crippen LogP contribution in [0.5, 0.6) is 5.75 Å². The normalized spacial score (nSPS) is 16.4. The van der Waals surface area contributed by atoms with Gasteiger partial charge in [-0.2, -0.15) is 0 Å². The van der Waals surface area contributed by atoms with Gasteiger partial charge in [-0.05, 0) is 55.4 Å². The number of piperazine rings is 1. The Hall–Kier alpha value is -3.33. The lowest BCUT2D eigenvalue weighted by Crippen LogP contribution is -2.55. The number of hydrogen-bond donors (Lipinski definition) is 0. The highest BCUT2D eigenvalue weighted by atomic mass is 32.2. The summed E-state index contributed by atoms with van der Waals surface area (Å²) in [6.45, 7) is 12.7. The zero-order valence-electron chi connectivity index (χ0n) is 25.9. The molecule has 226 valence electrons. The van der Waals surface area contributed by atoms with E-state index in [1.54, 1.807) is 18.9 Å². The monoisotopic (exact) mass is 591 g/mol. The van der Waals surface area contributed by atoms with Crippen LogP contribution >= 0.6 is 11.8 Å². The topological polar surface area (TPSA) is 80.6 Å². The van der Waals surface area contributed by atoms with Crippen LogP contribution in [-0.4, -0.2) is 74.9 Å². The number of amides is 2. The van der Waals surface area contributed by atoms with Gasteiger partial charge < -0.3 is 14.5 Å². The molecular formula is C33H45N5O3S. The molecule has 4 rings (SSSR count). The van der Waals surface area contributed by atoms with E-state index in [4.69, 9.17) is 4.74 Å². The third-order valence-electron chi connectivity index (χ3n) is 7.53. The van der Waals surface area contributed by atoms with Crippen LogP contribution in [0.3, 0.4) is 0 Å². The van der Waals surface area contributed by atoms with Crippen LogP contribution in [-0.2, 0) is 9.59 Å². The van der Waals surface area contributed by atoms with Gasteiger partial charge in [0.05, 0.1) is 7.11 Å². The van der Waals surface area contributed by atoms with Gasteiger partial charge in [0.15, 0.2) is 11.0 Å². The highest BCUT2D eigenvalue weighted by Gasteiger charge is 2.30. The molecule has 1 saturated heterocycles. The molecule has 2 aromatic carbocycles. The summed E-state index contributed by atoms with van der Waals surface area (Å²) in [4.78, 5) is 29.9. The Labute approximate surface area is 254 Å². The van der Waals surface area contributed by atoms with Crippen molar-refractivity contribution in [2.24, 2.45) is 11.3 Å². The number of thioether (sulfide) groups is 1. The maximum Gasteiger partial charge on any atom is 0.223 e. The minimum absolute atomic E-state index is 0.0332. The number of carbonyl (C=O) groups excluding carboxylic acids is 2. The van der Waals surface area contributed by atoms with Gasteiger partial charge in [0.25, 0.3) is 0 Å². The lowest BCUT2D eigenvalue weighted by atomic mass is 9.84. The summed E-state index contributed by atoms with van der Waals surface area (Å²) in [5.74, 6) is 2.96. The van der Waals surface area contributed by atoms with Crippen molar-refractivity contribution in [1.82, 2.24) is 24.6 Å². The number of carbonyl (C=O) groups is 2. The first-order valence-electron chi connectivity index (χ1n) is 14.9. The molecule has 2 atom stereocenters. The zero-order valence-corrected chi connectivity index (χ0v) is 26.7. The molecule has 1 fully saturated rings. The summed E-state index contributed by atoms with van der Waals surface area (Å²) in [7, 11) is 1.65. The maximum absolute atomic E-state index is 13.1. The first-order valence-corrected chi connectivity index (χ1v) is 15.9. The summed E-state index contributed by atoms with van der Waals surface area (Å²) in [6.07, 6.45) is 2.80. The predicted molar refractivity (Wildman–Crippen MR) is 169 cm³/mol. The van der Waals surface area contributed by atoms with E-state index in [0.717, 1.165) is 46.6 Å². The summed E-state index contributed by atoms with van der Waals surface area (Å²) >= 11 is 1.60. The zero-order chi connectivity index (χ0) is 30.3. The average Bonchev–Trinajstić information content (AvgIpc) is 3.38. The van der Waals surface area contributed by atoms with Crippen LogP contribution in [0.25, 0.3) is 17.1 Å². The summed E-state index contributed by atoms with van der Waals surface area (Å²) < 4.78 is 7.47. The standard InChI is InChI=1S/C33H45N5O3S/c1-24(22-33(3,4)5)20-30(40)37-18-17-36(23-25(37)2)29(39)16-11-19-42-32-35-34-31(26-12-10-15-28(21-26)41-6)38(32)27-13-8-7-9-14-27/h7-10,12-15,21,24-25H,11,16-20,22-23H2,1-6H3. The van der Waals surface area contributed by atoms with E-state index < -0.39 is 0 Å². The Bertz CT molecular complexity index is 1340. The first-order chi connectivity index (χ1) is 20.1. The molecule has 1 aromatic heterocycles. The maximum atomic E-state index is 13.1. The largest absolute Gasteiger partial charge is 0.497 e. The summed E-state index contributed by atoms with van der Waals surface area (Å²) in [5.41, 5.74) is 2.11. The molecule has 0 aliphatic carbocycles. The van der Waals surface area contributed by atoms with Crippen molar-refractivity contribution >= 4 is 23.6 Å². The smallest absolute Gasteiger partial charge is 0.223 e. The number of aromatic nitrogens is 3. The van der Waals surface area contributed by atoms with Crippen molar-refractivity contribution in [2.45, 2.75) is 71.5 Å². The van der Waals surface area contributed by atoms with Gasteiger partial charge in [0, 0.05) is 55.5 Å². The fraction of sp³-hybridized carbons (Fsp3) is 0.515. The molecule has 2 unspecified atom stereocenters. The molecule has 0 radical (unpaired) electrons. The van der Waals surface area contributed by atoms with E-state index in [9.17, 15) is 9.59 Å². The van der Waals surface area contributed by atoms with Crippen LogP contribution < -0.4 is 4.74 Å². The van der Waals surface area contributed by atoms with Crippen molar-refractivity contribution in [3.63, 3.8) is 0 Å².